The quantitative estimate of drug-likeness (QED) is 0.651. The highest BCUT2D eigenvalue weighted by Crippen LogP contribution is 2.61. The van der Waals surface area contributed by atoms with Crippen LogP contribution in [0.15, 0.2) is 0 Å². The van der Waals surface area contributed by atoms with Crippen LogP contribution in [-0.4, -0.2) is 22.4 Å². The van der Waals surface area contributed by atoms with E-state index in [1.165, 1.54) is 38.5 Å². The van der Waals surface area contributed by atoms with Crippen LogP contribution in [-0.2, 0) is 4.79 Å². The third-order valence-electron chi connectivity index (χ3n) is 6.00. The van der Waals surface area contributed by atoms with E-state index < -0.39 is 0 Å². The fraction of sp³-hybridized carbons (Fsp3) is 0.938. The summed E-state index contributed by atoms with van der Waals surface area (Å²) < 4.78 is 0. The van der Waals surface area contributed by atoms with Crippen LogP contribution in [0.3, 0.4) is 0 Å². The van der Waals surface area contributed by atoms with E-state index >= 15 is 0 Å². The molecule has 0 aromatic heterocycles. The number of carbonyl (C=O) groups excluding carboxylic acids is 1. The van der Waals surface area contributed by atoms with Gasteiger partial charge in [0.2, 0.25) is 5.91 Å². The number of hydrogen-bond donors (Lipinski definition) is 0. The maximum atomic E-state index is 12.3. The van der Waals surface area contributed by atoms with Crippen molar-refractivity contribution < 1.29 is 4.79 Å². The first kappa shape index (κ1) is 11.3. The summed E-state index contributed by atoms with van der Waals surface area (Å²) in [6.45, 7) is 6.65. The molecule has 0 aromatic rings. The summed E-state index contributed by atoms with van der Waals surface area (Å²) in [5.41, 5.74) is 0.421. The molecule has 2 heteroatoms. The Hall–Kier alpha value is -0.530. The Labute approximate surface area is 110 Å². The average Bonchev–Trinajstić information content (AvgIpc) is 2.88. The van der Waals surface area contributed by atoms with E-state index in [0.29, 0.717) is 11.4 Å². The van der Waals surface area contributed by atoms with Gasteiger partial charge in [-0.2, -0.15) is 0 Å². The Morgan fingerprint density at radius 3 is 1.78 bits per heavy atom. The SMILES string of the molecule is CC(C)(C)C1C(=O)N1C12CC3CC(CC(C3)C1)C2. The monoisotopic (exact) mass is 247 g/mol. The summed E-state index contributed by atoms with van der Waals surface area (Å²) >= 11 is 0. The maximum absolute atomic E-state index is 12.3. The van der Waals surface area contributed by atoms with E-state index in [9.17, 15) is 4.79 Å². The molecule has 5 aliphatic rings. The molecule has 5 rings (SSSR count). The lowest BCUT2D eigenvalue weighted by atomic mass is 9.53. The van der Waals surface area contributed by atoms with Crippen LogP contribution in [0.4, 0.5) is 0 Å². The molecular weight excluding hydrogens is 222 g/mol. The Bertz CT molecular complexity index is 371. The van der Waals surface area contributed by atoms with Crippen molar-refractivity contribution in [1.82, 2.24) is 4.90 Å². The van der Waals surface area contributed by atoms with Crippen molar-refractivity contribution in [2.75, 3.05) is 0 Å². The van der Waals surface area contributed by atoms with Crippen LogP contribution in [0, 0.1) is 23.2 Å². The van der Waals surface area contributed by atoms with E-state index in [2.05, 4.69) is 25.7 Å². The van der Waals surface area contributed by atoms with E-state index in [1.54, 1.807) is 0 Å². The maximum Gasteiger partial charge on any atom is 0.247 e. The lowest BCUT2D eigenvalue weighted by Crippen LogP contribution is -2.55. The van der Waals surface area contributed by atoms with Gasteiger partial charge in [-0.3, -0.25) is 4.79 Å². The first-order valence-corrected chi connectivity index (χ1v) is 7.72. The van der Waals surface area contributed by atoms with Crippen LogP contribution in [0.1, 0.15) is 59.3 Å². The first-order valence-electron chi connectivity index (χ1n) is 7.72. The Balaban J connectivity index is 1.64. The normalized spacial score (nSPS) is 49.9. The molecule has 0 N–H and O–H groups in total. The third-order valence-corrected chi connectivity index (χ3v) is 6.00. The molecule has 1 saturated heterocycles. The van der Waals surface area contributed by atoms with Gasteiger partial charge in [0.05, 0.1) is 0 Å². The van der Waals surface area contributed by atoms with E-state index in [1.807, 2.05) is 0 Å². The predicted molar refractivity (Wildman–Crippen MR) is 71.0 cm³/mol. The second-order valence-electron chi connectivity index (χ2n) is 8.62. The molecule has 4 saturated carbocycles. The summed E-state index contributed by atoms with van der Waals surface area (Å²) in [6, 6.07) is 0.216. The zero-order chi connectivity index (χ0) is 12.7. The molecule has 5 fully saturated rings. The van der Waals surface area contributed by atoms with Gasteiger partial charge < -0.3 is 4.90 Å². The molecule has 0 aromatic carbocycles. The molecule has 100 valence electrons. The average molecular weight is 247 g/mol. The molecule has 0 spiro atoms. The van der Waals surface area contributed by atoms with Crippen LogP contribution >= 0.6 is 0 Å². The first-order chi connectivity index (χ1) is 8.39. The standard InChI is InChI=1S/C16H25NO/c1-15(2,3)13-14(18)17(13)16-7-10-4-11(8-16)6-12(5-10)9-16/h10-13H,4-9H2,1-3H3. The second-order valence-corrected chi connectivity index (χ2v) is 8.62. The van der Waals surface area contributed by atoms with Gasteiger partial charge in [0, 0.05) is 5.54 Å². The van der Waals surface area contributed by atoms with Gasteiger partial charge in [0.1, 0.15) is 6.04 Å². The fourth-order valence-electron chi connectivity index (χ4n) is 5.80. The minimum Gasteiger partial charge on any atom is -0.323 e. The van der Waals surface area contributed by atoms with Crippen LogP contribution < -0.4 is 0 Å². The van der Waals surface area contributed by atoms with E-state index in [4.69, 9.17) is 0 Å². The number of amides is 1. The van der Waals surface area contributed by atoms with Gasteiger partial charge in [0.25, 0.3) is 0 Å². The molecule has 0 radical (unpaired) electrons. The van der Waals surface area contributed by atoms with Crippen molar-refractivity contribution in [2.24, 2.45) is 23.2 Å². The molecular formula is C16H25NO. The number of rotatable bonds is 1. The molecule has 1 atom stereocenters. The van der Waals surface area contributed by atoms with Gasteiger partial charge in [-0.15, -0.1) is 0 Å². The Kier molecular flexibility index (Phi) is 1.97. The molecule has 1 amide bonds. The molecule has 1 heterocycles. The van der Waals surface area contributed by atoms with E-state index in [-0.39, 0.29) is 11.5 Å². The van der Waals surface area contributed by atoms with Gasteiger partial charge >= 0.3 is 0 Å². The fourth-order valence-corrected chi connectivity index (χ4v) is 5.80. The molecule has 1 aliphatic heterocycles. The lowest BCUT2D eigenvalue weighted by molar-refractivity contribution is -0.121. The van der Waals surface area contributed by atoms with Crippen LogP contribution in [0.2, 0.25) is 0 Å². The summed E-state index contributed by atoms with van der Waals surface area (Å²) in [5, 5.41) is 0. The summed E-state index contributed by atoms with van der Waals surface area (Å²) in [4.78, 5) is 14.6. The molecule has 4 aliphatic carbocycles. The van der Waals surface area contributed by atoms with Gasteiger partial charge in [0.15, 0.2) is 0 Å². The van der Waals surface area contributed by atoms with Crippen LogP contribution in [0.5, 0.6) is 0 Å². The minimum atomic E-state index is 0.125. The molecule has 4 bridgehead atoms. The van der Waals surface area contributed by atoms with Crippen molar-refractivity contribution in [2.45, 2.75) is 70.9 Å². The van der Waals surface area contributed by atoms with Crippen molar-refractivity contribution in [3.8, 4) is 0 Å². The Morgan fingerprint density at radius 2 is 1.44 bits per heavy atom. The molecule has 1 unspecified atom stereocenters. The van der Waals surface area contributed by atoms with Gasteiger partial charge in [-0.25, -0.2) is 0 Å². The van der Waals surface area contributed by atoms with Crippen molar-refractivity contribution in [3.05, 3.63) is 0 Å². The van der Waals surface area contributed by atoms with Crippen molar-refractivity contribution in [1.29, 1.82) is 0 Å². The number of carbonyl (C=O) groups is 1. The minimum absolute atomic E-state index is 0.125. The highest BCUT2D eigenvalue weighted by Gasteiger charge is 2.65. The molecule has 18 heavy (non-hydrogen) atoms. The zero-order valence-corrected chi connectivity index (χ0v) is 11.9. The van der Waals surface area contributed by atoms with Gasteiger partial charge in [-0.05, 0) is 61.7 Å². The predicted octanol–water partition coefficient (Wildman–Crippen LogP) is 3.21. The number of hydrogen-bond acceptors (Lipinski definition) is 1. The summed E-state index contributed by atoms with van der Waals surface area (Å²) in [7, 11) is 0. The summed E-state index contributed by atoms with van der Waals surface area (Å²) in [6.07, 6.45) is 8.33. The number of nitrogens with zero attached hydrogens (tertiary/aromatic N) is 1. The topological polar surface area (TPSA) is 20.1 Å². The van der Waals surface area contributed by atoms with Gasteiger partial charge in [-0.1, -0.05) is 20.8 Å². The molecule has 2 nitrogen and oxygen atoms in total. The largest absolute Gasteiger partial charge is 0.323 e. The van der Waals surface area contributed by atoms with Crippen LogP contribution in [0.25, 0.3) is 0 Å². The second kappa shape index (κ2) is 3.13. The highest BCUT2D eigenvalue weighted by molar-refractivity contribution is 5.98. The smallest absolute Gasteiger partial charge is 0.247 e. The summed E-state index contributed by atoms with van der Waals surface area (Å²) in [5.74, 6) is 3.25. The van der Waals surface area contributed by atoms with Crippen molar-refractivity contribution >= 4 is 5.91 Å². The van der Waals surface area contributed by atoms with E-state index in [0.717, 1.165) is 17.8 Å². The highest BCUT2D eigenvalue weighted by atomic mass is 16.2. The zero-order valence-electron chi connectivity index (χ0n) is 11.9. The lowest BCUT2D eigenvalue weighted by Gasteiger charge is -2.57. The van der Waals surface area contributed by atoms with Crippen molar-refractivity contribution in [3.63, 3.8) is 0 Å². The third kappa shape index (κ3) is 1.38. The Morgan fingerprint density at radius 1 is 1.00 bits per heavy atom.